The standard InChI is InChI=1S/C14H19FN2O2/c15-10-5-6-12(13(16)8-10)14(19)17-7-3-1-2-4-11(17)9-18/h5-6,8,11,18H,1-4,7,9,16H2. The molecule has 1 amide bonds. The Morgan fingerprint density at radius 2 is 2.21 bits per heavy atom. The van der Waals surface area contributed by atoms with Crippen molar-refractivity contribution in [3.63, 3.8) is 0 Å². The van der Waals surface area contributed by atoms with Crippen molar-refractivity contribution in [2.75, 3.05) is 18.9 Å². The van der Waals surface area contributed by atoms with E-state index >= 15 is 0 Å². The molecular weight excluding hydrogens is 247 g/mol. The maximum atomic E-state index is 13.0. The smallest absolute Gasteiger partial charge is 0.256 e. The summed E-state index contributed by atoms with van der Waals surface area (Å²) in [6.45, 7) is 0.563. The molecule has 19 heavy (non-hydrogen) atoms. The van der Waals surface area contributed by atoms with Crippen LogP contribution in [0.2, 0.25) is 0 Å². The Balaban J connectivity index is 2.25. The van der Waals surface area contributed by atoms with E-state index in [9.17, 15) is 14.3 Å². The molecule has 1 atom stereocenters. The van der Waals surface area contributed by atoms with Gasteiger partial charge in [-0.25, -0.2) is 4.39 Å². The van der Waals surface area contributed by atoms with Crippen molar-refractivity contribution in [3.8, 4) is 0 Å². The van der Waals surface area contributed by atoms with Gasteiger partial charge in [0.2, 0.25) is 0 Å². The predicted octanol–water partition coefficient (Wildman–Crippen LogP) is 1.79. The van der Waals surface area contributed by atoms with Gasteiger partial charge < -0.3 is 15.7 Å². The van der Waals surface area contributed by atoms with Crippen LogP contribution >= 0.6 is 0 Å². The number of anilines is 1. The fourth-order valence-corrected chi connectivity index (χ4v) is 2.52. The molecule has 0 aliphatic carbocycles. The number of hydrogen-bond acceptors (Lipinski definition) is 3. The first-order valence-electron chi connectivity index (χ1n) is 6.60. The summed E-state index contributed by atoms with van der Waals surface area (Å²) in [7, 11) is 0. The zero-order chi connectivity index (χ0) is 13.8. The second-order valence-corrected chi connectivity index (χ2v) is 4.92. The molecule has 1 aliphatic rings. The van der Waals surface area contributed by atoms with Gasteiger partial charge in [-0.3, -0.25) is 4.79 Å². The van der Waals surface area contributed by atoms with Crippen molar-refractivity contribution in [2.45, 2.75) is 31.7 Å². The molecule has 0 radical (unpaired) electrons. The number of rotatable bonds is 2. The molecule has 5 heteroatoms. The molecule has 1 heterocycles. The molecule has 0 bridgehead atoms. The lowest BCUT2D eigenvalue weighted by Crippen LogP contribution is -2.42. The Bertz CT molecular complexity index is 465. The molecule has 0 spiro atoms. The summed E-state index contributed by atoms with van der Waals surface area (Å²) in [5, 5.41) is 9.41. The highest BCUT2D eigenvalue weighted by molar-refractivity contribution is 5.99. The molecule has 4 nitrogen and oxygen atoms in total. The number of halogens is 1. The number of nitrogens with two attached hydrogens (primary N) is 1. The monoisotopic (exact) mass is 266 g/mol. The molecule has 1 saturated heterocycles. The van der Waals surface area contributed by atoms with Crippen molar-refractivity contribution in [2.24, 2.45) is 0 Å². The molecule has 0 saturated carbocycles. The van der Waals surface area contributed by atoms with Crippen molar-refractivity contribution in [1.29, 1.82) is 0 Å². The lowest BCUT2D eigenvalue weighted by molar-refractivity contribution is 0.0601. The number of carbonyl (C=O) groups excluding carboxylic acids is 1. The number of amides is 1. The second kappa shape index (κ2) is 6.02. The van der Waals surface area contributed by atoms with E-state index in [-0.39, 0.29) is 24.2 Å². The third-order valence-electron chi connectivity index (χ3n) is 3.59. The topological polar surface area (TPSA) is 66.6 Å². The predicted molar refractivity (Wildman–Crippen MR) is 71.2 cm³/mol. The van der Waals surface area contributed by atoms with Gasteiger partial charge in [0, 0.05) is 12.2 Å². The van der Waals surface area contributed by atoms with E-state index < -0.39 is 5.82 Å². The van der Waals surface area contributed by atoms with Crippen LogP contribution in [0.4, 0.5) is 10.1 Å². The summed E-state index contributed by atoms with van der Waals surface area (Å²) in [6, 6.07) is 3.63. The molecule has 3 N–H and O–H groups in total. The van der Waals surface area contributed by atoms with Crippen molar-refractivity contribution < 1.29 is 14.3 Å². The minimum absolute atomic E-state index is 0.0488. The number of aliphatic hydroxyl groups is 1. The Morgan fingerprint density at radius 1 is 1.42 bits per heavy atom. The van der Waals surface area contributed by atoms with Gasteiger partial charge >= 0.3 is 0 Å². The molecule has 1 unspecified atom stereocenters. The van der Waals surface area contributed by atoms with Gasteiger partial charge in [0.25, 0.3) is 5.91 Å². The number of nitrogen functional groups attached to an aromatic ring is 1. The Kier molecular flexibility index (Phi) is 4.37. The van der Waals surface area contributed by atoms with Gasteiger partial charge in [0.15, 0.2) is 0 Å². The molecule has 1 aromatic carbocycles. The average Bonchev–Trinajstić information content (AvgIpc) is 2.63. The number of benzene rings is 1. The first kappa shape index (κ1) is 13.8. The first-order chi connectivity index (χ1) is 9.13. The van der Waals surface area contributed by atoms with Gasteiger partial charge in [-0.05, 0) is 31.0 Å². The first-order valence-corrected chi connectivity index (χ1v) is 6.60. The highest BCUT2D eigenvalue weighted by Crippen LogP contribution is 2.22. The van der Waals surface area contributed by atoms with Crippen LogP contribution in [-0.2, 0) is 0 Å². The summed E-state index contributed by atoms with van der Waals surface area (Å²) < 4.78 is 13.0. The lowest BCUT2D eigenvalue weighted by atomic mass is 10.1. The van der Waals surface area contributed by atoms with E-state index in [1.165, 1.54) is 12.1 Å². The van der Waals surface area contributed by atoms with Gasteiger partial charge in [-0.1, -0.05) is 12.8 Å². The van der Waals surface area contributed by atoms with Crippen LogP contribution in [0.25, 0.3) is 0 Å². The van der Waals surface area contributed by atoms with Gasteiger partial charge in [-0.15, -0.1) is 0 Å². The number of hydrogen-bond donors (Lipinski definition) is 2. The number of nitrogens with zero attached hydrogens (tertiary/aromatic N) is 1. The summed E-state index contributed by atoms with van der Waals surface area (Å²) >= 11 is 0. The minimum atomic E-state index is -0.455. The highest BCUT2D eigenvalue weighted by atomic mass is 19.1. The third-order valence-corrected chi connectivity index (χ3v) is 3.59. The summed E-state index contributed by atoms with van der Waals surface area (Å²) in [5.41, 5.74) is 6.16. The Labute approximate surface area is 112 Å². The van der Waals surface area contributed by atoms with Crippen LogP contribution in [-0.4, -0.2) is 35.1 Å². The average molecular weight is 266 g/mol. The van der Waals surface area contributed by atoms with Gasteiger partial charge in [-0.2, -0.15) is 0 Å². The second-order valence-electron chi connectivity index (χ2n) is 4.92. The number of likely N-dealkylation sites (tertiary alicyclic amines) is 1. The van der Waals surface area contributed by atoms with E-state index in [4.69, 9.17) is 5.73 Å². The van der Waals surface area contributed by atoms with Crippen LogP contribution in [0.1, 0.15) is 36.0 Å². The number of aliphatic hydroxyl groups excluding tert-OH is 1. The SMILES string of the molecule is Nc1cc(F)ccc1C(=O)N1CCCCCC1CO. The maximum absolute atomic E-state index is 13.0. The summed E-state index contributed by atoms with van der Waals surface area (Å²) in [6.07, 6.45) is 3.78. The van der Waals surface area contributed by atoms with Crippen molar-refractivity contribution in [3.05, 3.63) is 29.6 Å². The summed E-state index contributed by atoms with van der Waals surface area (Å²) in [5.74, 6) is -0.679. The normalized spacial score (nSPS) is 20.1. The maximum Gasteiger partial charge on any atom is 0.256 e. The van der Waals surface area contributed by atoms with Crippen LogP contribution < -0.4 is 5.73 Å². The van der Waals surface area contributed by atoms with Crippen molar-refractivity contribution in [1.82, 2.24) is 4.90 Å². The van der Waals surface area contributed by atoms with E-state index in [1.807, 2.05) is 0 Å². The van der Waals surface area contributed by atoms with Crippen molar-refractivity contribution >= 4 is 11.6 Å². The van der Waals surface area contributed by atoms with Gasteiger partial charge in [0.05, 0.1) is 18.2 Å². The third kappa shape index (κ3) is 3.04. The molecular formula is C14H19FN2O2. The largest absolute Gasteiger partial charge is 0.398 e. The van der Waals surface area contributed by atoms with Crippen LogP contribution in [0, 0.1) is 5.82 Å². The quantitative estimate of drug-likeness (QED) is 0.802. The molecule has 104 valence electrons. The Hall–Kier alpha value is -1.62. The molecule has 1 aliphatic heterocycles. The van der Waals surface area contributed by atoms with Gasteiger partial charge in [0.1, 0.15) is 5.82 Å². The Morgan fingerprint density at radius 3 is 2.89 bits per heavy atom. The van der Waals surface area contributed by atoms with E-state index in [0.29, 0.717) is 12.1 Å². The molecule has 2 rings (SSSR count). The fourth-order valence-electron chi connectivity index (χ4n) is 2.52. The minimum Gasteiger partial charge on any atom is -0.398 e. The number of carbonyl (C=O) groups is 1. The van der Waals surface area contributed by atoms with E-state index in [2.05, 4.69) is 0 Å². The molecule has 0 aromatic heterocycles. The molecule has 1 fully saturated rings. The molecule has 1 aromatic rings. The zero-order valence-electron chi connectivity index (χ0n) is 10.8. The summed E-state index contributed by atoms with van der Waals surface area (Å²) in [4.78, 5) is 14.1. The van der Waals surface area contributed by atoms with E-state index in [0.717, 1.165) is 31.7 Å². The zero-order valence-corrected chi connectivity index (χ0v) is 10.8. The fraction of sp³-hybridized carbons (Fsp3) is 0.500. The van der Waals surface area contributed by atoms with Crippen LogP contribution in [0.15, 0.2) is 18.2 Å². The highest BCUT2D eigenvalue weighted by Gasteiger charge is 2.26. The van der Waals surface area contributed by atoms with Crippen LogP contribution in [0.5, 0.6) is 0 Å². The van der Waals surface area contributed by atoms with Crippen LogP contribution in [0.3, 0.4) is 0 Å². The van der Waals surface area contributed by atoms with E-state index in [1.54, 1.807) is 4.90 Å². The lowest BCUT2D eigenvalue weighted by Gasteiger charge is -2.29.